The quantitative estimate of drug-likeness (QED) is 0.0219. The minimum absolute atomic E-state index is 0. The molecule has 2 fully saturated rings. The number of methoxy groups -OCH3 is 2. The predicted octanol–water partition coefficient (Wildman–Crippen LogP) is -0.901. The van der Waals surface area contributed by atoms with Crippen molar-refractivity contribution < 1.29 is 209 Å². The molecule has 21 nitrogen and oxygen atoms in total. The molecule has 0 aliphatic carbocycles. The van der Waals surface area contributed by atoms with Crippen molar-refractivity contribution in [3.8, 4) is 0 Å². The van der Waals surface area contributed by atoms with Crippen LogP contribution < -0.4 is 148 Å². The molecule has 2 heterocycles. The third kappa shape index (κ3) is 50.3. The van der Waals surface area contributed by atoms with E-state index in [0.717, 1.165) is 161 Å². The average Bonchev–Trinajstić information content (AvgIpc) is 0.798. The van der Waals surface area contributed by atoms with Crippen molar-refractivity contribution in [1.82, 2.24) is 10.6 Å². The van der Waals surface area contributed by atoms with E-state index < -0.39 is 102 Å². The predicted molar refractivity (Wildman–Crippen MR) is 338 cm³/mol. The second-order valence-electron chi connectivity index (χ2n) is 24.7. The summed E-state index contributed by atoms with van der Waals surface area (Å²) in [6.45, 7) is 7.64. The second-order valence-corrected chi connectivity index (χ2v) is 27.0. The Morgan fingerprint density at radius 2 is 0.903 bits per heavy atom. The molecule has 0 bridgehead atoms. The van der Waals surface area contributed by atoms with Crippen LogP contribution in [-0.4, -0.2) is 131 Å². The van der Waals surface area contributed by atoms with Crippen molar-refractivity contribution in [3.05, 3.63) is 12.2 Å². The van der Waals surface area contributed by atoms with Crippen molar-refractivity contribution in [2.24, 2.45) is 0 Å². The zero-order valence-electron chi connectivity index (χ0n) is 59.8. The van der Waals surface area contributed by atoms with Crippen LogP contribution in [0.3, 0.4) is 0 Å². The molecule has 11 atom stereocenters. The largest absolute Gasteiger partial charge is 1.00 e. The van der Waals surface area contributed by atoms with Gasteiger partial charge in [-0.3, -0.25) is 14.4 Å². The van der Waals surface area contributed by atoms with Crippen LogP contribution in [0.15, 0.2) is 12.2 Å². The number of amides is 2. The summed E-state index contributed by atoms with van der Waals surface area (Å²) in [6, 6.07) is -3.00. The van der Waals surface area contributed by atoms with Crippen LogP contribution >= 0.6 is 15.6 Å². The van der Waals surface area contributed by atoms with Crippen molar-refractivity contribution in [2.75, 3.05) is 40.6 Å². The first-order valence-corrected chi connectivity index (χ1v) is 37.9. The zero-order valence-corrected chi connectivity index (χ0v) is 69.6. The summed E-state index contributed by atoms with van der Waals surface area (Å²) < 4.78 is 77.9. The summed E-state index contributed by atoms with van der Waals surface area (Å²) in [6.07, 6.45) is 28.0. The smallest absolute Gasteiger partial charge is 0.790 e. The molecule has 0 spiro atoms. The number of rotatable bonds is 59. The van der Waals surface area contributed by atoms with Gasteiger partial charge in [0.05, 0.1) is 41.4 Å². The molecule has 27 heteroatoms. The van der Waals surface area contributed by atoms with E-state index in [4.69, 9.17) is 42.2 Å². The molecule has 0 saturated carbocycles. The molecular weight excluding hydrogens is 1280 g/mol. The maximum atomic E-state index is 14.1. The van der Waals surface area contributed by atoms with Crippen LogP contribution in [0, 0.1) is 0 Å². The summed E-state index contributed by atoms with van der Waals surface area (Å²) in [5, 5.41) is 17.7. The number of phosphoric ester groups is 2. The van der Waals surface area contributed by atoms with Gasteiger partial charge in [-0.05, 0) is 57.8 Å². The van der Waals surface area contributed by atoms with Gasteiger partial charge in [0.25, 0.3) is 0 Å². The van der Waals surface area contributed by atoms with E-state index in [0.29, 0.717) is 25.7 Å². The number of hydrogen-bond donors (Lipinski definition) is 3. The van der Waals surface area contributed by atoms with Gasteiger partial charge in [-0.1, -0.05) is 220 Å². The molecule has 0 radical (unpaired) electrons. The van der Waals surface area contributed by atoms with E-state index in [-0.39, 0.29) is 163 Å². The summed E-state index contributed by atoms with van der Waals surface area (Å²) in [7, 11) is -8.77. The van der Waals surface area contributed by atoms with E-state index in [1.54, 1.807) is 7.11 Å². The first kappa shape index (κ1) is 99.4. The van der Waals surface area contributed by atoms with Crippen molar-refractivity contribution in [1.29, 1.82) is 0 Å². The number of allylic oxidation sites excluding steroid dienone is 2. The molecule has 0 aromatic heterocycles. The van der Waals surface area contributed by atoms with Gasteiger partial charge in [-0.25, -0.2) is 0 Å². The monoisotopic (exact) mass is 1400 g/mol. The van der Waals surface area contributed by atoms with E-state index in [2.05, 4.69) is 50.5 Å². The molecule has 2 aliphatic rings. The van der Waals surface area contributed by atoms with Gasteiger partial charge >= 0.3 is 118 Å². The first-order valence-electron chi connectivity index (χ1n) is 34.9. The molecule has 3 N–H and O–H groups in total. The Kier molecular flexibility index (Phi) is 68.3. The topological polar surface area (TPSA) is 305 Å². The zero-order chi connectivity index (χ0) is 65.4. The Bertz CT molecular complexity index is 1920. The fourth-order valence-corrected chi connectivity index (χ4v) is 12.7. The van der Waals surface area contributed by atoms with Crippen LogP contribution in [0.5, 0.6) is 0 Å². The number of unbranched alkanes of at least 4 members (excludes halogenated alkanes) is 30. The van der Waals surface area contributed by atoms with Crippen molar-refractivity contribution >= 4 is 33.2 Å². The van der Waals surface area contributed by atoms with E-state index in [1.165, 1.54) is 58.5 Å². The Morgan fingerprint density at radius 1 is 0.473 bits per heavy atom. The van der Waals surface area contributed by atoms with E-state index >= 15 is 0 Å². The van der Waals surface area contributed by atoms with Crippen LogP contribution in [0.1, 0.15) is 285 Å². The van der Waals surface area contributed by atoms with E-state index in [1.807, 2.05) is 0 Å². The SMILES string of the molecule is CCCCCC/C=C\CCCCCCCCCC(=O)NC1C(OCC2OC(OP(=O)([O-])[O-])C(NC(=O)CC(=O)CCCCCCCCCCC)C(OCCCCCCCCCC)C2O)OC(COC)C(OP(=O)([O-])[O-])C1OCC[C@@H](CCCCCCC)OC.[Na+].[Na+].[Na+].[Na+]. The molecule has 2 saturated heterocycles. The van der Waals surface area contributed by atoms with Gasteiger partial charge in [0.15, 0.2) is 12.6 Å². The number of aliphatic hydroxyl groups excluding tert-OH is 1. The minimum Gasteiger partial charge on any atom is -0.790 e. The van der Waals surface area contributed by atoms with Crippen molar-refractivity contribution in [2.45, 2.75) is 352 Å². The Hall–Kier alpha value is 2.25. The Labute approximate surface area is 650 Å². The Balaban J connectivity index is -0.0000202. The van der Waals surface area contributed by atoms with Crippen LogP contribution in [0.4, 0.5) is 0 Å². The maximum absolute atomic E-state index is 14.1. The van der Waals surface area contributed by atoms with Gasteiger partial charge in [0, 0.05) is 40.3 Å². The van der Waals surface area contributed by atoms with Gasteiger partial charge in [-0.2, -0.15) is 0 Å². The molecule has 524 valence electrons. The fraction of sp³-hybridized carbons (Fsp3) is 0.924. The third-order valence-electron chi connectivity index (χ3n) is 16.8. The van der Waals surface area contributed by atoms with Gasteiger partial charge < -0.3 is 86.6 Å². The van der Waals surface area contributed by atoms with Gasteiger partial charge in [0.2, 0.25) is 11.8 Å². The number of Topliss-reactive ketones (excluding diaryl/α,β-unsaturated/α-hetero) is 1. The number of carbonyl (C=O) groups is 3. The van der Waals surface area contributed by atoms with Crippen LogP contribution in [0.25, 0.3) is 0 Å². The number of phosphoric acid groups is 2. The number of ketones is 1. The first-order chi connectivity index (χ1) is 42.9. The number of carbonyl (C=O) groups excluding carboxylic acids is 3. The molecular formula is C66H122N2Na4O19P2. The van der Waals surface area contributed by atoms with Gasteiger partial charge in [-0.15, -0.1) is 0 Å². The molecule has 2 rings (SSSR count). The maximum Gasteiger partial charge on any atom is 1.00 e. The number of ether oxygens (including phenoxy) is 7. The Morgan fingerprint density at radius 3 is 1.41 bits per heavy atom. The van der Waals surface area contributed by atoms with Crippen LogP contribution in [0.2, 0.25) is 0 Å². The molecule has 0 aromatic rings. The molecule has 93 heavy (non-hydrogen) atoms. The standard InChI is InChI=1S/C66H126N2O19P2.4Na/c1-7-11-15-19-22-25-26-27-28-29-30-32-34-38-42-46-57(70)67-60-64(82-49-47-54(80-6)45-41-36-18-14-10-4)62(86-88(73,74)75)56(51-79-5)85-65(60)83-52-55-61(72)63(81-48-43-39-35-24-21-17-13-9-3)59(66(84-55)87-89(76,77)78)68-58(71)50-53(69)44-40-37-33-31-23-20-16-12-8-2;;;;/h25-26,54-56,59-66,72H,7-24,27-52H2,1-6H3,(H,67,70)(H,68,71)(H2,73,74,75)(H2,76,77,78);;;;/q;4*+1/p-4/b26-25-;;;;/t54-,55?,56?,59?,60?,61?,62?,63?,64?,65?,66?;;;;/m1..../s1. The second kappa shape index (κ2) is 63.9. The summed E-state index contributed by atoms with van der Waals surface area (Å²) in [4.78, 5) is 90.9. The molecule has 2 amide bonds. The number of aliphatic hydroxyl groups is 1. The molecule has 2 aliphatic heterocycles. The minimum atomic E-state index is -5.90. The molecule has 10 unspecified atom stereocenters. The van der Waals surface area contributed by atoms with Gasteiger partial charge in [0.1, 0.15) is 54.5 Å². The number of nitrogens with one attached hydrogen (secondary N) is 2. The molecule has 0 aromatic carbocycles. The fourth-order valence-electron chi connectivity index (χ4n) is 11.7. The number of hydrogen-bond acceptors (Lipinski definition) is 19. The summed E-state index contributed by atoms with van der Waals surface area (Å²) >= 11 is 0. The summed E-state index contributed by atoms with van der Waals surface area (Å²) in [5.41, 5.74) is 0. The summed E-state index contributed by atoms with van der Waals surface area (Å²) in [5.74, 6) is -1.64. The van der Waals surface area contributed by atoms with Crippen molar-refractivity contribution in [3.63, 3.8) is 0 Å². The normalized spacial score (nSPS) is 21.9. The van der Waals surface area contributed by atoms with Crippen LogP contribution in [-0.2, 0) is 65.7 Å². The van der Waals surface area contributed by atoms with E-state index in [9.17, 15) is 48.2 Å². The average molecular weight is 1400 g/mol. The third-order valence-corrected chi connectivity index (χ3v) is 17.8.